The minimum Gasteiger partial charge on any atom is -0.160 e. The SMILES string of the molecule is C=C/C(=C\C(C)=C/C)SF. The Morgan fingerprint density at radius 2 is 2.20 bits per heavy atom. The molecule has 0 aliphatic heterocycles. The summed E-state index contributed by atoms with van der Waals surface area (Å²) in [6.07, 6.45) is 5.16. The van der Waals surface area contributed by atoms with Crippen molar-refractivity contribution in [2.75, 3.05) is 0 Å². The van der Waals surface area contributed by atoms with Gasteiger partial charge in [0.1, 0.15) is 0 Å². The fourth-order valence-electron chi connectivity index (χ4n) is 0.420. The molecule has 10 heavy (non-hydrogen) atoms. The van der Waals surface area contributed by atoms with Crippen molar-refractivity contribution in [3.8, 4) is 0 Å². The average molecular weight is 158 g/mol. The Bertz CT molecular complexity index is 168. The first-order valence-corrected chi connectivity index (χ1v) is 3.72. The van der Waals surface area contributed by atoms with Crippen LogP contribution in [0.1, 0.15) is 13.8 Å². The van der Waals surface area contributed by atoms with E-state index in [2.05, 4.69) is 6.58 Å². The fourth-order valence-corrected chi connectivity index (χ4v) is 0.714. The maximum atomic E-state index is 11.9. The molecule has 0 saturated heterocycles. The van der Waals surface area contributed by atoms with Gasteiger partial charge in [0.15, 0.2) is 0 Å². The van der Waals surface area contributed by atoms with E-state index in [0.717, 1.165) is 5.57 Å². The monoisotopic (exact) mass is 158 g/mol. The molecule has 0 radical (unpaired) electrons. The molecule has 2 heteroatoms. The molecule has 0 unspecified atom stereocenters. The van der Waals surface area contributed by atoms with Crippen LogP contribution in [0.3, 0.4) is 0 Å². The Balaban J connectivity index is 4.24. The lowest BCUT2D eigenvalue weighted by atomic mass is 10.2. The Morgan fingerprint density at radius 1 is 1.60 bits per heavy atom. The molecule has 0 aromatic heterocycles. The molecule has 0 aliphatic rings. The third kappa shape index (κ3) is 3.51. The Kier molecular flexibility index (Phi) is 5.03. The van der Waals surface area contributed by atoms with Crippen LogP contribution in [0.2, 0.25) is 0 Å². The quantitative estimate of drug-likeness (QED) is 0.565. The summed E-state index contributed by atoms with van der Waals surface area (Å²) in [4.78, 5) is 0.551. The van der Waals surface area contributed by atoms with Gasteiger partial charge in [-0.1, -0.05) is 24.3 Å². The molecule has 0 spiro atoms. The van der Waals surface area contributed by atoms with Crippen molar-refractivity contribution in [2.24, 2.45) is 0 Å². The minimum atomic E-state index is 0.216. The molecule has 0 aromatic carbocycles. The number of rotatable bonds is 3. The second-order valence-corrected chi connectivity index (χ2v) is 2.49. The van der Waals surface area contributed by atoms with E-state index in [1.165, 1.54) is 6.08 Å². The van der Waals surface area contributed by atoms with E-state index in [1.807, 2.05) is 19.9 Å². The van der Waals surface area contributed by atoms with Gasteiger partial charge in [0.05, 0.1) is 12.1 Å². The molecule has 0 bridgehead atoms. The van der Waals surface area contributed by atoms with Gasteiger partial charge in [-0.15, -0.1) is 0 Å². The first kappa shape index (κ1) is 9.50. The summed E-state index contributed by atoms with van der Waals surface area (Å²) in [5.41, 5.74) is 1.04. The van der Waals surface area contributed by atoms with Gasteiger partial charge in [-0.05, 0) is 19.9 Å². The second kappa shape index (κ2) is 5.30. The predicted octanol–water partition coefficient (Wildman–Crippen LogP) is 3.64. The molecule has 0 rings (SSSR count). The van der Waals surface area contributed by atoms with E-state index >= 15 is 0 Å². The summed E-state index contributed by atoms with van der Waals surface area (Å²) in [6, 6.07) is 0. The fraction of sp³-hybridized carbons (Fsp3) is 0.250. The van der Waals surface area contributed by atoms with Crippen molar-refractivity contribution < 1.29 is 3.89 Å². The van der Waals surface area contributed by atoms with Crippen molar-refractivity contribution in [3.63, 3.8) is 0 Å². The maximum absolute atomic E-state index is 11.9. The van der Waals surface area contributed by atoms with E-state index in [0.29, 0.717) is 4.91 Å². The first-order chi connectivity index (χ1) is 4.74. The molecule has 0 aliphatic carbocycles. The number of hydrogen-bond donors (Lipinski definition) is 0. The predicted molar refractivity (Wildman–Crippen MR) is 46.4 cm³/mol. The zero-order valence-electron chi connectivity index (χ0n) is 6.23. The highest BCUT2D eigenvalue weighted by Crippen LogP contribution is 2.18. The number of hydrogen-bond acceptors (Lipinski definition) is 1. The van der Waals surface area contributed by atoms with Crippen LogP contribution in [0, 0.1) is 0 Å². The van der Waals surface area contributed by atoms with E-state index in [9.17, 15) is 3.89 Å². The summed E-state index contributed by atoms with van der Waals surface area (Å²) in [7, 11) is 0. The largest absolute Gasteiger partial charge is 0.160 e. The van der Waals surface area contributed by atoms with Crippen LogP contribution in [0.5, 0.6) is 0 Å². The summed E-state index contributed by atoms with van der Waals surface area (Å²) in [5.74, 6) is 0. The van der Waals surface area contributed by atoms with Crippen LogP contribution in [0.15, 0.2) is 35.3 Å². The average Bonchev–Trinajstić information content (AvgIpc) is 1.99. The maximum Gasteiger partial charge on any atom is 0.0812 e. The lowest BCUT2D eigenvalue weighted by Gasteiger charge is -1.91. The second-order valence-electron chi connectivity index (χ2n) is 1.86. The summed E-state index contributed by atoms with van der Waals surface area (Å²) in [6.45, 7) is 7.29. The highest BCUT2D eigenvalue weighted by atomic mass is 32.2. The van der Waals surface area contributed by atoms with Gasteiger partial charge < -0.3 is 0 Å². The highest BCUT2D eigenvalue weighted by Gasteiger charge is 1.89. The molecular weight excluding hydrogens is 147 g/mol. The molecule has 56 valence electrons. The summed E-state index contributed by atoms with van der Waals surface area (Å²) >= 11 is 0.216. The van der Waals surface area contributed by atoms with E-state index in [4.69, 9.17) is 0 Å². The molecule has 0 saturated carbocycles. The third-order valence-electron chi connectivity index (χ3n) is 1.12. The van der Waals surface area contributed by atoms with Crippen LogP contribution in [0.25, 0.3) is 0 Å². The Morgan fingerprint density at radius 3 is 2.50 bits per heavy atom. The van der Waals surface area contributed by atoms with Crippen molar-refractivity contribution in [3.05, 3.63) is 35.3 Å². The number of halogens is 1. The van der Waals surface area contributed by atoms with Crippen molar-refractivity contribution >= 4 is 12.1 Å². The molecule has 0 N–H and O–H groups in total. The summed E-state index contributed by atoms with van der Waals surface area (Å²) in [5, 5.41) is 0. The van der Waals surface area contributed by atoms with Gasteiger partial charge in [-0.25, -0.2) is 0 Å². The topological polar surface area (TPSA) is 0 Å². The van der Waals surface area contributed by atoms with Crippen LogP contribution in [-0.2, 0) is 0 Å². The Labute approximate surface area is 65.8 Å². The lowest BCUT2D eigenvalue weighted by molar-refractivity contribution is 0.945. The van der Waals surface area contributed by atoms with Gasteiger partial charge in [-0.2, -0.15) is 3.89 Å². The Hall–Kier alpha value is -0.500. The van der Waals surface area contributed by atoms with Gasteiger partial charge in [0.25, 0.3) is 0 Å². The lowest BCUT2D eigenvalue weighted by Crippen LogP contribution is -1.69. The van der Waals surface area contributed by atoms with Gasteiger partial charge in [0, 0.05) is 4.91 Å². The van der Waals surface area contributed by atoms with Crippen LogP contribution < -0.4 is 0 Å². The van der Waals surface area contributed by atoms with Crippen LogP contribution in [-0.4, -0.2) is 0 Å². The van der Waals surface area contributed by atoms with E-state index < -0.39 is 0 Å². The molecule has 0 nitrogen and oxygen atoms in total. The van der Waals surface area contributed by atoms with Gasteiger partial charge in [-0.3, -0.25) is 0 Å². The molecule has 0 amide bonds. The normalized spacial score (nSPS) is 13.5. The van der Waals surface area contributed by atoms with Gasteiger partial charge in [0.2, 0.25) is 0 Å². The van der Waals surface area contributed by atoms with Crippen molar-refractivity contribution in [1.29, 1.82) is 0 Å². The standard InChI is InChI=1S/C8H11FS/c1-4-7(3)6-8(5-2)10-9/h4-6H,2H2,1,3H3/b7-4-,8-6+. The van der Waals surface area contributed by atoms with E-state index in [-0.39, 0.29) is 12.1 Å². The van der Waals surface area contributed by atoms with Crippen LogP contribution in [0.4, 0.5) is 3.89 Å². The van der Waals surface area contributed by atoms with Crippen LogP contribution >= 0.6 is 12.1 Å². The first-order valence-electron chi connectivity index (χ1n) is 3.00. The highest BCUT2D eigenvalue weighted by molar-refractivity contribution is 7.98. The molecular formula is C8H11FS. The summed E-state index contributed by atoms with van der Waals surface area (Å²) < 4.78 is 11.9. The molecule has 0 fully saturated rings. The van der Waals surface area contributed by atoms with Gasteiger partial charge >= 0.3 is 0 Å². The van der Waals surface area contributed by atoms with E-state index in [1.54, 1.807) is 6.08 Å². The zero-order valence-corrected chi connectivity index (χ0v) is 7.04. The van der Waals surface area contributed by atoms with Crippen molar-refractivity contribution in [2.45, 2.75) is 13.8 Å². The zero-order chi connectivity index (χ0) is 7.98. The molecule has 0 atom stereocenters. The third-order valence-corrected chi connectivity index (χ3v) is 1.58. The molecule has 0 heterocycles. The minimum absolute atomic E-state index is 0.216. The molecule has 0 aromatic rings. The van der Waals surface area contributed by atoms with Crippen molar-refractivity contribution in [1.82, 2.24) is 0 Å². The number of allylic oxidation sites excluding steroid dienone is 4. The smallest absolute Gasteiger partial charge is 0.0812 e.